The van der Waals surface area contributed by atoms with Crippen molar-refractivity contribution in [2.75, 3.05) is 24.7 Å². The summed E-state index contributed by atoms with van der Waals surface area (Å²) in [6.07, 6.45) is 3.47. The fourth-order valence-electron chi connectivity index (χ4n) is 2.94. The van der Waals surface area contributed by atoms with E-state index in [0.717, 1.165) is 28.1 Å². The molecule has 0 aliphatic rings. The molecular weight excluding hydrogens is 378 g/mol. The van der Waals surface area contributed by atoms with Crippen molar-refractivity contribution in [3.63, 3.8) is 0 Å². The highest BCUT2D eigenvalue weighted by molar-refractivity contribution is 5.87. The Morgan fingerprint density at radius 2 is 1.90 bits per heavy atom. The van der Waals surface area contributed by atoms with Gasteiger partial charge in [0, 0.05) is 20.3 Å². The van der Waals surface area contributed by atoms with Crippen LogP contribution in [0, 0.1) is 25.2 Å². The van der Waals surface area contributed by atoms with Crippen molar-refractivity contribution in [2.45, 2.75) is 20.5 Å². The van der Waals surface area contributed by atoms with Gasteiger partial charge in [-0.05, 0) is 60.9 Å². The Morgan fingerprint density at radius 3 is 2.50 bits per heavy atom. The number of nitriles is 1. The Morgan fingerprint density at radius 1 is 1.17 bits per heavy atom. The van der Waals surface area contributed by atoms with Crippen LogP contribution in [-0.2, 0) is 6.61 Å². The van der Waals surface area contributed by atoms with Crippen molar-refractivity contribution in [3.8, 4) is 11.8 Å². The second kappa shape index (κ2) is 9.01. The van der Waals surface area contributed by atoms with E-state index in [1.54, 1.807) is 31.3 Å². The summed E-state index contributed by atoms with van der Waals surface area (Å²) in [7, 11) is 3.59. The Labute approximate surface area is 175 Å². The molecule has 2 aromatic heterocycles. The van der Waals surface area contributed by atoms with Crippen LogP contribution in [-0.4, -0.2) is 34.0 Å². The van der Waals surface area contributed by atoms with Crippen LogP contribution in [0.4, 0.5) is 11.9 Å². The second-order valence-electron chi connectivity index (χ2n) is 6.98. The number of aromatic nitrogens is 4. The van der Waals surface area contributed by atoms with E-state index in [4.69, 9.17) is 10.5 Å². The van der Waals surface area contributed by atoms with E-state index in [1.165, 1.54) is 0 Å². The molecule has 0 aliphatic heterocycles. The standard InChI is InChI=1S/C22H23N7O/c1-14-9-16(10-15(2)19(14)30-13-18-7-5-6-8-25-18)11-17(12-23)20-26-21(24)28-22(27-20)29(3)4/h5-11H,13H2,1-4H3,(H2,24,26,27,28)/b17-11-. The number of pyridine rings is 1. The van der Waals surface area contributed by atoms with Crippen LogP contribution >= 0.6 is 0 Å². The molecule has 2 N–H and O–H groups in total. The number of nitrogen functional groups attached to an aromatic ring is 1. The highest BCUT2D eigenvalue weighted by Gasteiger charge is 2.12. The lowest BCUT2D eigenvalue weighted by atomic mass is 10.0. The number of allylic oxidation sites excluding steroid dienone is 1. The molecule has 1 aromatic carbocycles. The summed E-state index contributed by atoms with van der Waals surface area (Å²) in [5.74, 6) is 1.50. The van der Waals surface area contributed by atoms with Crippen molar-refractivity contribution in [3.05, 3.63) is 64.7 Å². The van der Waals surface area contributed by atoms with Crippen LogP contribution in [0.5, 0.6) is 5.75 Å². The molecule has 3 rings (SSSR count). The second-order valence-corrected chi connectivity index (χ2v) is 6.98. The van der Waals surface area contributed by atoms with Crippen molar-refractivity contribution < 1.29 is 4.74 Å². The Hall–Kier alpha value is -3.99. The minimum atomic E-state index is 0.0653. The summed E-state index contributed by atoms with van der Waals surface area (Å²) < 4.78 is 5.98. The number of ether oxygens (including phenoxy) is 1. The zero-order chi connectivity index (χ0) is 21.7. The molecular formula is C22H23N7O. The summed E-state index contributed by atoms with van der Waals surface area (Å²) in [6, 6.07) is 11.8. The first-order chi connectivity index (χ1) is 14.4. The molecule has 0 fully saturated rings. The van der Waals surface area contributed by atoms with Crippen LogP contribution in [0.25, 0.3) is 11.6 Å². The predicted molar refractivity (Wildman–Crippen MR) is 117 cm³/mol. The third kappa shape index (κ3) is 4.89. The first-order valence-electron chi connectivity index (χ1n) is 9.32. The number of nitrogens with zero attached hydrogens (tertiary/aromatic N) is 6. The smallest absolute Gasteiger partial charge is 0.230 e. The van der Waals surface area contributed by atoms with Gasteiger partial charge in [-0.2, -0.15) is 20.2 Å². The molecule has 0 saturated heterocycles. The van der Waals surface area contributed by atoms with E-state index in [1.807, 2.05) is 44.2 Å². The molecule has 152 valence electrons. The minimum absolute atomic E-state index is 0.0653. The van der Waals surface area contributed by atoms with E-state index in [9.17, 15) is 5.26 Å². The molecule has 8 nitrogen and oxygen atoms in total. The van der Waals surface area contributed by atoms with Gasteiger partial charge in [0.1, 0.15) is 18.4 Å². The van der Waals surface area contributed by atoms with Crippen molar-refractivity contribution >= 4 is 23.5 Å². The van der Waals surface area contributed by atoms with Gasteiger partial charge in [0.15, 0.2) is 5.82 Å². The van der Waals surface area contributed by atoms with Crippen molar-refractivity contribution in [2.24, 2.45) is 0 Å². The van der Waals surface area contributed by atoms with E-state index < -0.39 is 0 Å². The maximum absolute atomic E-state index is 9.66. The van der Waals surface area contributed by atoms with Crippen LogP contribution in [0.1, 0.15) is 28.2 Å². The van der Waals surface area contributed by atoms with E-state index in [-0.39, 0.29) is 11.8 Å². The SMILES string of the molecule is Cc1cc(/C=C(/C#N)c2nc(N)nc(N(C)C)n2)cc(C)c1OCc1ccccn1. The minimum Gasteiger partial charge on any atom is -0.487 e. The molecule has 30 heavy (non-hydrogen) atoms. The number of hydrogen-bond donors (Lipinski definition) is 1. The number of anilines is 2. The first-order valence-corrected chi connectivity index (χ1v) is 9.32. The largest absolute Gasteiger partial charge is 0.487 e. The monoisotopic (exact) mass is 401 g/mol. The fraction of sp³-hybridized carbons (Fsp3) is 0.227. The van der Waals surface area contributed by atoms with Gasteiger partial charge in [-0.1, -0.05) is 6.07 Å². The first kappa shape index (κ1) is 20.7. The molecule has 0 unspecified atom stereocenters. The van der Waals surface area contributed by atoms with Gasteiger partial charge in [-0.25, -0.2) is 0 Å². The number of aryl methyl sites for hydroxylation is 2. The van der Waals surface area contributed by atoms with E-state index in [0.29, 0.717) is 18.1 Å². The van der Waals surface area contributed by atoms with Crippen LogP contribution < -0.4 is 15.4 Å². The van der Waals surface area contributed by atoms with Gasteiger partial charge in [-0.15, -0.1) is 0 Å². The lowest BCUT2D eigenvalue weighted by Crippen LogP contribution is -2.15. The lowest BCUT2D eigenvalue weighted by Gasteiger charge is -2.13. The van der Waals surface area contributed by atoms with Crippen molar-refractivity contribution in [1.82, 2.24) is 19.9 Å². The summed E-state index contributed by atoms with van der Waals surface area (Å²) in [5.41, 5.74) is 9.70. The summed E-state index contributed by atoms with van der Waals surface area (Å²) >= 11 is 0. The molecule has 0 radical (unpaired) electrons. The van der Waals surface area contributed by atoms with Crippen molar-refractivity contribution in [1.29, 1.82) is 5.26 Å². The molecule has 8 heteroatoms. The van der Waals surface area contributed by atoms with Crippen LogP contribution in [0.3, 0.4) is 0 Å². The zero-order valence-electron chi connectivity index (χ0n) is 17.4. The number of hydrogen-bond acceptors (Lipinski definition) is 8. The molecule has 0 atom stereocenters. The van der Waals surface area contributed by atoms with Gasteiger partial charge in [0.25, 0.3) is 0 Å². The Bertz CT molecular complexity index is 1100. The molecule has 2 heterocycles. The lowest BCUT2D eigenvalue weighted by molar-refractivity contribution is 0.297. The fourth-order valence-corrected chi connectivity index (χ4v) is 2.94. The molecule has 0 amide bonds. The molecule has 0 spiro atoms. The van der Waals surface area contributed by atoms with Gasteiger partial charge in [0.05, 0.1) is 11.3 Å². The molecule has 0 aliphatic carbocycles. The van der Waals surface area contributed by atoms with Crippen LogP contribution in [0.2, 0.25) is 0 Å². The van der Waals surface area contributed by atoms with Gasteiger partial charge < -0.3 is 15.4 Å². The Balaban J connectivity index is 1.90. The normalized spacial score (nSPS) is 11.1. The number of benzene rings is 1. The third-order valence-corrected chi connectivity index (χ3v) is 4.29. The van der Waals surface area contributed by atoms with Gasteiger partial charge in [-0.3, -0.25) is 4.98 Å². The maximum Gasteiger partial charge on any atom is 0.230 e. The van der Waals surface area contributed by atoms with E-state index >= 15 is 0 Å². The quantitative estimate of drug-likeness (QED) is 0.627. The zero-order valence-corrected chi connectivity index (χ0v) is 17.4. The third-order valence-electron chi connectivity index (χ3n) is 4.29. The molecule has 0 saturated carbocycles. The van der Waals surface area contributed by atoms with Gasteiger partial charge >= 0.3 is 0 Å². The van der Waals surface area contributed by atoms with Crippen LogP contribution in [0.15, 0.2) is 36.5 Å². The topological polar surface area (TPSA) is 114 Å². The average molecular weight is 401 g/mol. The summed E-state index contributed by atoms with van der Waals surface area (Å²) in [5, 5.41) is 9.66. The number of nitrogens with two attached hydrogens (primary N) is 1. The maximum atomic E-state index is 9.66. The highest BCUT2D eigenvalue weighted by Crippen LogP contribution is 2.27. The molecule has 0 bridgehead atoms. The molecule has 3 aromatic rings. The predicted octanol–water partition coefficient (Wildman–Crippen LogP) is 3.17. The average Bonchev–Trinajstić information content (AvgIpc) is 2.71. The van der Waals surface area contributed by atoms with E-state index in [2.05, 4.69) is 26.0 Å². The summed E-state index contributed by atoms with van der Waals surface area (Å²) in [4.78, 5) is 18.5. The highest BCUT2D eigenvalue weighted by atomic mass is 16.5. The number of rotatable bonds is 6. The summed E-state index contributed by atoms with van der Waals surface area (Å²) in [6.45, 7) is 4.32. The Kier molecular flexibility index (Phi) is 6.23. The van der Waals surface area contributed by atoms with Gasteiger partial charge in [0.2, 0.25) is 11.9 Å².